The number of hydrogen-bond acceptors (Lipinski definition) is 10. The average molecular weight is 1120 g/mol. The van der Waals surface area contributed by atoms with E-state index in [1.54, 1.807) is 83.1 Å². The van der Waals surface area contributed by atoms with Crippen LogP contribution in [0.4, 0.5) is 36.7 Å². The van der Waals surface area contributed by atoms with E-state index in [1.165, 1.54) is 0 Å². The van der Waals surface area contributed by atoms with E-state index in [-0.39, 0.29) is 122 Å². The number of alkyl halides is 2. The summed E-state index contributed by atoms with van der Waals surface area (Å²) < 4.78 is 67.7. The van der Waals surface area contributed by atoms with Gasteiger partial charge in [-0.3, -0.25) is 0 Å². The Labute approximate surface area is 415 Å². The van der Waals surface area contributed by atoms with E-state index >= 15 is 0 Å². The molecule has 4 amide bonds. The van der Waals surface area contributed by atoms with Crippen molar-refractivity contribution in [3.8, 4) is 0 Å². The van der Waals surface area contributed by atoms with Crippen molar-refractivity contribution in [2.24, 2.45) is 0 Å². The third kappa shape index (κ3) is 58.9. The zero-order valence-corrected chi connectivity index (χ0v) is 43.5. The second-order valence-corrected chi connectivity index (χ2v) is 16.2. The van der Waals surface area contributed by atoms with Gasteiger partial charge in [0.15, 0.2) is 0 Å². The summed E-state index contributed by atoms with van der Waals surface area (Å²) >= 11 is 6.17. The van der Waals surface area contributed by atoms with Gasteiger partial charge in [-0.25, -0.2) is 36.7 Å². The maximum atomic E-state index is 12.1. The molecule has 0 heterocycles. The fraction of sp³-hybridized carbons (Fsp3) is 0.667. The van der Waals surface area contributed by atoms with Crippen LogP contribution < -0.4 is 93.0 Å². The van der Waals surface area contributed by atoms with E-state index in [9.17, 15) is 36.7 Å². The molecule has 6 N–H and O–H groups in total. The third-order valence-electron chi connectivity index (χ3n) is 4.80. The van der Waals surface area contributed by atoms with Crippen molar-refractivity contribution in [3.63, 3.8) is 0 Å². The zero-order chi connectivity index (χ0) is 44.8. The van der Waals surface area contributed by atoms with E-state index in [0.29, 0.717) is 34.5 Å². The number of aliphatic hydroxyl groups is 2. The zero-order valence-electron chi connectivity index (χ0n) is 37.2. The van der Waals surface area contributed by atoms with Gasteiger partial charge in [-0.15, -0.1) is 0 Å². The van der Waals surface area contributed by atoms with Crippen molar-refractivity contribution >= 4 is 56.2 Å². The molecular formula is C36H62Br4F4Li2N4O10. The Bertz CT molecular complexity index is 1100. The Morgan fingerprint density at radius 3 is 0.733 bits per heavy atom. The van der Waals surface area contributed by atoms with E-state index in [2.05, 4.69) is 53.1 Å². The minimum absolute atomic E-state index is 0. The summed E-state index contributed by atoms with van der Waals surface area (Å²) in [5, 5.41) is 27.4. The Morgan fingerprint density at radius 1 is 0.450 bits per heavy atom. The quantitative estimate of drug-likeness (QED) is 0.0490. The van der Waals surface area contributed by atoms with Gasteiger partial charge >= 0.3 is 62.1 Å². The monoisotopic (exact) mass is 1120 g/mol. The first-order valence-corrected chi connectivity index (χ1v) is 19.1. The van der Waals surface area contributed by atoms with E-state index in [0.717, 1.165) is 0 Å². The van der Waals surface area contributed by atoms with Crippen molar-refractivity contribution < 1.29 is 138 Å². The molecule has 0 aromatic heterocycles. The van der Waals surface area contributed by atoms with Crippen LogP contribution in [-0.2, 0) is 18.9 Å². The maximum absolute atomic E-state index is 12.1. The molecule has 60 heavy (non-hydrogen) atoms. The summed E-state index contributed by atoms with van der Waals surface area (Å²) in [6.07, 6.45) is -0.904. The fourth-order valence-corrected chi connectivity index (χ4v) is 3.13. The van der Waals surface area contributed by atoms with E-state index in [1.807, 2.05) is 0 Å². The number of hydrogen-bond donors (Lipinski definition) is 6. The third-order valence-corrected chi connectivity index (χ3v) is 6.24. The Morgan fingerprint density at radius 2 is 0.617 bits per heavy atom. The van der Waals surface area contributed by atoms with E-state index in [4.69, 9.17) is 29.2 Å². The van der Waals surface area contributed by atoms with Gasteiger partial charge in [0, 0.05) is 48.0 Å². The van der Waals surface area contributed by atoms with Crippen LogP contribution in [0.1, 0.15) is 83.1 Å². The van der Waals surface area contributed by atoms with Gasteiger partial charge in [-0.05, 0) is 94.2 Å². The Balaban J connectivity index is -0.0000000980. The maximum Gasteiger partial charge on any atom is 1.00 e. The van der Waals surface area contributed by atoms with Crippen molar-refractivity contribution in [3.05, 3.63) is 47.6 Å². The van der Waals surface area contributed by atoms with Gasteiger partial charge in [0.1, 0.15) is 22.4 Å². The number of nitrogens with one attached hydrogen (secondary N) is 4. The minimum atomic E-state index is -0.634. The number of carbonyl (C=O) groups is 4. The first-order valence-electron chi connectivity index (χ1n) is 16.9. The largest absolute Gasteiger partial charge is 1.00 e. The molecule has 14 nitrogen and oxygen atoms in total. The van der Waals surface area contributed by atoms with E-state index < -0.39 is 60.0 Å². The molecule has 0 saturated carbocycles. The predicted octanol–water partition coefficient (Wildman–Crippen LogP) is -3.75. The number of carbonyl (C=O) groups excluding carboxylic acids is 4. The van der Waals surface area contributed by atoms with Crippen LogP contribution in [0.3, 0.4) is 0 Å². The molecule has 0 atom stereocenters. The molecular weight excluding hydrogens is 1060 g/mol. The molecule has 0 saturated heterocycles. The predicted molar refractivity (Wildman–Crippen MR) is 215 cm³/mol. The number of amides is 4. The van der Waals surface area contributed by atoms with Gasteiger partial charge in [0.2, 0.25) is 0 Å². The summed E-state index contributed by atoms with van der Waals surface area (Å²) in [6, 6.07) is 0. The minimum Gasteiger partial charge on any atom is -1.00 e. The van der Waals surface area contributed by atoms with Crippen LogP contribution in [0.25, 0.3) is 0 Å². The standard InChI is InChI=1S/2C9H15BrFNO2.2C9H16FNO3.2BrH.2Li/c2*1-9(2,3)14-8(13)12-6-7(4-10)5-11;2*1-9(2,3)14-8(13)11-5-7(4-10)6-12;;;;/h2*5H,4,6H2,1-3H3,(H,12,13);2*4,12H,5-6H2,1-3H3,(H,11,13);2*1H;;/q;;;;;;2*+1/p-2/b7-5-;;7-4+;;;;;. The number of alkyl carbamates (subject to hydrolysis) is 4. The molecule has 344 valence electrons. The molecule has 0 unspecified atom stereocenters. The van der Waals surface area contributed by atoms with Gasteiger partial charge in [-0.1, -0.05) is 31.9 Å². The van der Waals surface area contributed by atoms with Crippen molar-refractivity contribution in [1.82, 2.24) is 21.3 Å². The molecule has 0 bridgehead atoms. The second kappa shape index (κ2) is 41.8. The molecule has 0 fully saturated rings. The number of aliphatic hydroxyl groups excluding tert-OH is 2. The average Bonchev–Trinajstić information content (AvgIpc) is 3.04. The second-order valence-electron chi connectivity index (χ2n) is 15.1. The summed E-state index contributed by atoms with van der Waals surface area (Å²) in [6.45, 7) is 20.3. The molecule has 0 aromatic carbocycles. The van der Waals surface area contributed by atoms with Crippen LogP contribution in [-0.4, -0.2) is 107 Å². The summed E-state index contributed by atoms with van der Waals surface area (Å²) in [4.78, 5) is 44.3. The van der Waals surface area contributed by atoms with Gasteiger partial charge < -0.3 is 84.4 Å². The number of ether oxygens (including phenoxy) is 4. The van der Waals surface area contributed by atoms with Crippen molar-refractivity contribution in [2.75, 3.05) is 50.1 Å². The van der Waals surface area contributed by atoms with Crippen LogP contribution in [0.5, 0.6) is 0 Å². The summed E-state index contributed by atoms with van der Waals surface area (Å²) in [7, 11) is 0. The van der Waals surface area contributed by atoms with Gasteiger partial charge in [0.25, 0.3) is 0 Å². The first kappa shape index (κ1) is 76.1. The summed E-state index contributed by atoms with van der Waals surface area (Å²) in [5.41, 5.74) is -1.12. The van der Waals surface area contributed by atoms with Crippen LogP contribution in [0.15, 0.2) is 47.6 Å². The Kier molecular flexibility index (Phi) is 53.0. The molecule has 0 radical (unpaired) electrons. The van der Waals surface area contributed by atoms with Crippen molar-refractivity contribution in [2.45, 2.75) is 105 Å². The fourth-order valence-electron chi connectivity index (χ4n) is 2.49. The number of halogens is 8. The normalized spacial score (nSPS) is 11.7. The Hall–Kier alpha value is -1.21. The summed E-state index contributed by atoms with van der Waals surface area (Å²) in [5.74, 6) is 0. The van der Waals surface area contributed by atoms with Crippen LogP contribution in [0.2, 0.25) is 0 Å². The first-order chi connectivity index (χ1) is 25.5. The molecule has 0 rings (SSSR count). The van der Waals surface area contributed by atoms with Crippen LogP contribution in [0, 0.1) is 0 Å². The topological polar surface area (TPSA) is 194 Å². The van der Waals surface area contributed by atoms with Crippen molar-refractivity contribution in [1.29, 1.82) is 0 Å². The molecule has 0 aliphatic rings. The smallest absolute Gasteiger partial charge is 1.00 e. The molecule has 0 aliphatic heterocycles. The SMILES string of the molecule is CC(C)(C)OC(=O)NC/C(=C\F)CBr.CC(C)(C)OC(=O)NC/C(=C\F)CO.CC(C)(C)OC(=O)NCC(=CF)CBr.CC(C)(C)OC(=O)NCC(=CF)CO.[Br-].[Br-].[Li+].[Li+]. The molecule has 0 aliphatic carbocycles. The van der Waals surface area contributed by atoms with Crippen LogP contribution >= 0.6 is 31.9 Å². The molecule has 0 spiro atoms. The van der Waals surface area contributed by atoms with Gasteiger partial charge in [0.05, 0.1) is 38.5 Å². The van der Waals surface area contributed by atoms with Gasteiger partial charge in [-0.2, -0.15) is 0 Å². The molecule has 0 aromatic rings. The molecule has 24 heteroatoms. The number of rotatable bonds is 12.